The molecule has 1 heterocycles. The van der Waals surface area contributed by atoms with Gasteiger partial charge in [0.1, 0.15) is 5.82 Å². The summed E-state index contributed by atoms with van der Waals surface area (Å²) >= 11 is 1.12. The van der Waals surface area contributed by atoms with Crippen molar-refractivity contribution >= 4 is 11.8 Å². The number of nitrogens with one attached hydrogen (secondary N) is 1. The molecule has 0 aliphatic rings. The number of aromatic amines is 1. The van der Waals surface area contributed by atoms with Gasteiger partial charge in [0.05, 0.1) is 4.90 Å². The summed E-state index contributed by atoms with van der Waals surface area (Å²) in [6, 6.07) is 4.49. The lowest BCUT2D eigenvalue weighted by Gasteiger charge is -2.12. The van der Waals surface area contributed by atoms with Gasteiger partial charge in [-0.1, -0.05) is 19.1 Å². The minimum absolute atomic E-state index is 0.284. The van der Waals surface area contributed by atoms with Crippen molar-refractivity contribution in [2.45, 2.75) is 42.9 Å². The first-order valence-electron chi connectivity index (χ1n) is 6.41. The predicted octanol–water partition coefficient (Wildman–Crippen LogP) is 2.29. The van der Waals surface area contributed by atoms with E-state index in [1.165, 1.54) is 10.6 Å². The van der Waals surface area contributed by atoms with Crippen molar-refractivity contribution in [3.63, 3.8) is 0 Å². The Labute approximate surface area is 120 Å². The van der Waals surface area contributed by atoms with E-state index in [0.29, 0.717) is 22.2 Å². The van der Waals surface area contributed by atoms with Gasteiger partial charge in [-0.15, -0.1) is 5.10 Å². The average molecular weight is 296 g/mol. The number of nitrogens with zero attached hydrogens (tertiary/aromatic N) is 2. The van der Waals surface area contributed by atoms with Gasteiger partial charge in [-0.25, -0.2) is 14.3 Å². The zero-order valence-electron chi connectivity index (χ0n) is 11.4. The lowest BCUT2D eigenvalue weighted by atomic mass is 10.1. The van der Waals surface area contributed by atoms with Crippen LogP contribution in [0.3, 0.4) is 0 Å². The van der Waals surface area contributed by atoms with Gasteiger partial charge in [0, 0.05) is 12.6 Å². The average Bonchev–Trinajstić information content (AvgIpc) is 2.74. The number of nitrogens with two attached hydrogens (primary N) is 1. The van der Waals surface area contributed by atoms with E-state index < -0.39 is 0 Å². The Morgan fingerprint density at radius 3 is 2.95 bits per heavy atom. The van der Waals surface area contributed by atoms with Crippen LogP contribution in [-0.2, 0) is 6.54 Å². The quantitative estimate of drug-likeness (QED) is 0.887. The Balaban J connectivity index is 2.42. The molecule has 0 unspecified atom stereocenters. The molecule has 20 heavy (non-hydrogen) atoms. The van der Waals surface area contributed by atoms with Crippen molar-refractivity contribution in [1.29, 1.82) is 0 Å². The number of aromatic nitrogens is 3. The van der Waals surface area contributed by atoms with Gasteiger partial charge in [0.25, 0.3) is 0 Å². The molecule has 0 fully saturated rings. The van der Waals surface area contributed by atoms with E-state index in [1.807, 2.05) is 6.92 Å². The van der Waals surface area contributed by atoms with E-state index in [9.17, 15) is 9.18 Å². The second-order valence-electron chi connectivity index (χ2n) is 4.51. The van der Waals surface area contributed by atoms with Gasteiger partial charge in [-0.3, -0.25) is 4.57 Å². The van der Waals surface area contributed by atoms with Crippen LogP contribution in [0.5, 0.6) is 0 Å². The summed E-state index contributed by atoms with van der Waals surface area (Å²) in [4.78, 5) is 12.1. The van der Waals surface area contributed by atoms with Crippen LogP contribution in [0, 0.1) is 5.82 Å². The number of benzene rings is 1. The molecule has 0 radical (unpaired) electrons. The molecule has 2 aromatic rings. The van der Waals surface area contributed by atoms with Crippen LogP contribution < -0.4 is 11.4 Å². The maximum absolute atomic E-state index is 14.0. The topological polar surface area (TPSA) is 76.7 Å². The third-order valence-corrected chi connectivity index (χ3v) is 3.98. The van der Waals surface area contributed by atoms with E-state index in [0.717, 1.165) is 18.2 Å². The highest BCUT2D eigenvalue weighted by atomic mass is 32.2. The predicted molar refractivity (Wildman–Crippen MR) is 76.3 cm³/mol. The molecule has 2 rings (SSSR count). The van der Waals surface area contributed by atoms with Crippen molar-refractivity contribution in [2.24, 2.45) is 5.73 Å². The number of hydrogen-bond donors (Lipinski definition) is 2. The summed E-state index contributed by atoms with van der Waals surface area (Å²) in [5, 5.41) is 6.79. The largest absolute Gasteiger partial charge is 0.343 e. The monoisotopic (exact) mass is 296 g/mol. The van der Waals surface area contributed by atoms with Crippen LogP contribution in [0.25, 0.3) is 0 Å². The minimum atomic E-state index is -0.358. The van der Waals surface area contributed by atoms with Gasteiger partial charge in [-0.05, 0) is 36.7 Å². The van der Waals surface area contributed by atoms with Crippen molar-refractivity contribution in [2.75, 3.05) is 0 Å². The van der Waals surface area contributed by atoms with Gasteiger partial charge in [0.2, 0.25) is 0 Å². The van der Waals surface area contributed by atoms with E-state index in [2.05, 4.69) is 10.2 Å². The second kappa shape index (κ2) is 6.23. The Bertz CT molecular complexity index is 650. The molecule has 0 spiro atoms. The number of hydrogen-bond acceptors (Lipinski definition) is 4. The van der Waals surface area contributed by atoms with Crippen molar-refractivity contribution in [1.82, 2.24) is 14.8 Å². The zero-order chi connectivity index (χ0) is 14.7. The molecule has 5 nitrogen and oxygen atoms in total. The molecule has 1 atom stereocenters. The van der Waals surface area contributed by atoms with E-state index in [1.54, 1.807) is 19.1 Å². The van der Waals surface area contributed by atoms with Gasteiger partial charge < -0.3 is 5.73 Å². The lowest BCUT2D eigenvalue weighted by molar-refractivity contribution is 0.585. The Kier molecular flexibility index (Phi) is 4.61. The number of halogens is 1. The minimum Gasteiger partial charge on any atom is -0.324 e. The van der Waals surface area contributed by atoms with Crippen molar-refractivity contribution in [3.05, 3.63) is 40.1 Å². The summed E-state index contributed by atoms with van der Waals surface area (Å²) in [7, 11) is 0. The van der Waals surface area contributed by atoms with Gasteiger partial charge in [0.15, 0.2) is 5.16 Å². The molecule has 108 valence electrons. The van der Waals surface area contributed by atoms with Crippen molar-refractivity contribution < 1.29 is 4.39 Å². The zero-order valence-corrected chi connectivity index (χ0v) is 12.2. The summed E-state index contributed by atoms with van der Waals surface area (Å²) < 4.78 is 15.5. The van der Waals surface area contributed by atoms with Crippen molar-refractivity contribution in [3.8, 4) is 0 Å². The molecule has 0 aliphatic carbocycles. The summed E-state index contributed by atoms with van der Waals surface area (Å²) in [5.74, 6) is -0.358. The van der Waals surface area contributed by atoms with Crippen LogP contribution in [0.2, 0.25) is 0 Å². The van der Waals surface area contributed by atoms with E-state index >= 15 is 0 Å². The molecule has 3 N–H and O–H groups in total. The molecule has 0 bridgehead atoms. The molecule has 0 saturated heterocycles. The lowest BCUT2D eigenvalue weighted by Crippen LogP contribution is -2.17. The normalized spacial score (nSPS) is 12.6. The highest BCUT2D eigenvalue weighted by Gasteiger charge is 2.17. The van der Waals surface area contributed by atoms with Gasteiger partial charge >= 0.3 is 5.69 Å². The number of H-pyrrole nitrogens is 1. The summed E-state index contributed by atoms with van der Waals surface area (Å²) in [6.45, 7) is 4.30. The Morgan fingerprint density at radius 1 is 1.55 bits per heavy atom. The Morgan fingerprint density at radius 2 is 2.30 bits per heavy atom. The maximum atomic E-state index is 14.0. The standard InChI is InChI=1S/C13H17FN4OS/c1-3-7-18-12(19)16-17-13(18)20-11-9(8(2)15)5-4-6-10(11)14/h4-6,8H,3,7,15H2,1-2H3,(H,16,19)/t8-/m1/s1. The highest BCUT2D eigenvalue weighted by molar-refractivity contribution is 7.99. The summed E-state index contributed by atoms with van der Waals surface area (Å²) in [5.41, 5.74) is 6.28. The highest BCUT2D eigenvalue weighted by Crippen LogP contribution is 2.33. The number of rotatable bonds is 5. The SMILES string of the molecule is CCCn1c(Sc2c(F)cccc2[C@@H](C)N)n[nH]c1=O. The first-order chi connectivity index (χ1) is 9.54. The van der Waals surface area contributed by atoms with Gasteiger partial charge in [-0.2, -0.15) is 0 Å². The van der Waals surface area contributed by atoms with Crippen LogP contribution in [0.15, 0.2) is 33.0 Å². The molecule has 0 saturated carbocycles. The van der Waals surface area contributed by atoms with Crippen LogP contribution >= 0.6 is 11.8 Å². The maximum Gasteiger partial charge on any atom is 0.343 e. The van der Waals surface area contributed by atoms with Crippen LogP contribution in [0.4, 0.5) is 4.39 Å². The first-order valence-corrected chi connectivity index (χ1v) is 7.23. The van der Waals surface area contributed by atoms with E-state index in [-0.39, 0.29) is 17.5 Å². The molecule has 0 aliphatic heterocycles. The van der Waals surface area contributed by atoms with Crippen LogP contribution in [-0.4, -0.2) is 14.8 Å². The Hall–Kier alpha value is -1.60. The van der Waals surface area contributed by atoms with Crippen LogP contribution in [0.1, 0.15) is 31.9 Å². The fourth-order valence-electron chi connectivity index (χ4n) is 1.88. The molecule has 0 amide bonds. The fraction of sp³-hybridized carbons (Fsp3) is 0.385. The molecule has 1 aromatic carbocycles. The first kappa shape index (κ1) is 14.8. The molecular formula is C13H17FN4OS. The summed E-state index contributed by atoms with van der Waals surface area (Å²) in [6.07, 6.45) is 0.796. The third kappa shape index (κ3) is 2.94. The second-order valence-corrected chi connectivity index (χ2v) is 5.49. The fourth-order valence-corrected chi connectivity index (χ4v) is 2.98. The third-order valence-electron chi connectivity index (χ3n) is 2.85. The van der Waals surface area contributed by atoms with E-state index in [4.69, 9.17) is 5.73 Å². The molecule has 7 heteroatoms. The molecule has 1 aromatic heterocycles. The smallest absolute Gasteiger partial charge is 0.324 e. The molecular weight excluding hydrogens is 279 g/mol.